The van der Waals surface area contributed by atoms with Crippen molar-refractivity contribution in [1.29, 1.82) is 0 Å². The van der Waals surface area contributed by atoms with Crippen molar-refractivity contribution >= 4 is 15.9 Å². The molecule has 1 rings (SSSR count). The van der Waals surface area contributed by atoms with Crippen LogP contribution in [0.5, 0.6) is 0 Å². The zero-order valence-corrected chi connectivity index (χ0v) is 10.5. The number of rotatable bonds is 4. The standard InChI is InChI=1S/C12H13BrF2O/c1-7(2)3-6-10(16)8-4-5-9(14)12(15)11(8)13/h4-5,10,16H,1,3,6H2,2H3. The molecule has 0 spiro atoms. The van der Waals surface area contributed by atoms with Crippen molar-refractivity contribution < 1.29 is 13.9 Å². The smallest absolute Gasteiger partial charge is 0.173 e. The van der Waals surface area contributed by atoms with Gasteiger partial charge in [-0.25, -0.2) is 8.78 Å². The molecule has 16 heavy (non-hydrogen) atoms. The number of halogens is 3. The van der Waals surface area contributed by atoms with E-state index in [9.17, 15) is 13.9 Å². The summed E-state index contributed by atoms with van der Waals surface area (Å²) in [5.74, 6) is -1.89. The fraction of sp³-hybridized carbons (Fsp3) is 0.333. The maximum atomic E-state index is 13.2. The molecule has 0 bridgehead atoms. The lowest BCUT2D eigenvalue weighted by molar-refractivity contribution is 0.166. The second-order valence-electron chi connectivity index (χ2n) is 3.78. The summed E-state index contributed by atoms with van der Waals surface area (Å²) in [7, 11) is 0. The lowest BCUT2D eigenvalue weighted by atomic mass is 10.0. The van der Waals surface area contributed by atoms with Gasteiger partial charge in [0.15, 0.2) is 11.6 Å². The number of hydrogen-bond acceptors (Lipinski definition) is 1. The minimum atomic E-state index is -0.966. The van der Waals surface area contributed by atoms with Crippen molar-refractivity contribution in [2.75, 3.05) is 0 Å². The van der Waals surface area contributed by atoms with E-state index in [2.05, 4.69) is 22.5 Å². The van der Waals surface area contributed by atoms with Gasteiger partial charge in [-0.15, -0.1) is 6.58 Å². The van der Waals surface area contributed by atoms with Gasteiger partial charge < -0.3 is 5.11 Å². The van der Waals surface area contributed by atoms with E-state index in [1.165, 1.54) is 6.07 Å². The Morgan fingerprint density at radius 2 is 2.12 bits per heavy atom. The van der Waals surface area contributed by atoms with Gasteiger partial charge in [-0.2, -0.15) is 0 Å². The average Bonchev–Trinajstić information content (AvgIpc) is 2.23. The first-order valence-corrected chi connectivity index (χ1v) is 5.68. The largest absolute Gasteiger partial charge is 0.388 e. The third-order valence-corrected chi connectivity index (χ3v) is 3.07. The minimum Gasteiger partial charge on any atom is -0.388 e. The van der Waals surface area contributed by atoms with Crippen molar-refractivity contribution in [2.24, 2.45) is 0 Å². The van der Waals surface area contributed by atoms with Gasteiger partial charge in [0.1, 0.15) is 0 Å². The molecule has 1 aromatic carbocycles. The molecule has 1 unspecified atom stereocenters. The topological polar surface area (TPSA) is 20.2 Å². The van der Waals surface area contributed by atoms with Gasteiger partial charge in [-0.3, -0.25) is 0 Å². The molecule has 1 N–H and O–H groups in total. The molecule has 0 heterocycles. The van der Waals surface area contributed by atoms with Crippen LogP contribution in [0.25, 0.3) is 0 Å². The van der Waals surface area contributed by atoms with Crippen molar-refractivity contribution in [2.45, 2.75) is 25.9 Å². The quantitative estimate of drug-likeness (QED) is 0.653. The first kappa shape index (κ1) is 13.3. The first-order valence-electron chi connectivity index (χ1n) is 4.89. The Labute approximate surface area is 102 Å². The molecule has 0 aromatic heterocycles. The van der Waals surface area contributed by atoms with E-state index in [4.69, 9.17) is 0 Å². The van der Waals surface area contributed by atoms with Gasteiger partial charge in [0, 0.05) is 0 Å². The Morgan fingerprint density at radius 3 is 2.69 bits per heavy atom. The molecular formula is C12H13BrF2O. The Balaban J connectivity index is 2.87. The summed E-state index contributed by atoms with van der Waals surface area (Å²) < 4.78 is 26.0. The van der Waals surface area contributed by atoms with Crippen LogP contribution in [-0.4, -0.2) is 5.11 Å². The minimum absolute atomic E-state index is 0.0123. The molecular weight excluding hydrogens is 278 g/mol. The van der Waals surface area contributed by atoms with Crippen LogP contribution in [0, 0.1) is 11.6 Å². The van der Waals surface area contributed by atoms with Gasteiger partial charge in [-0.05, 0) is 47.3 Å². The molecule has 88 valence electrons. The summed E-state index contributed by atoms with van der Waals surface area (Å²) in [6, 6.07) is 2.39. The maximum Gasteiger partial charge on any atom is 0.173 e. The van der Waals surface area contributed by atoms with Crippen LogP contribution in [-0.2, 0) is 0 Å². The lowest BCUT2D eigenvalue weighted by Crippen LogP contribution is -2.01. The van der Waals surface area contributed by atoms with Gasteiger partial charge in [0.2, 0.25) is 0 Å². The zero-order chi connectivity index (χ0) is 12.3. The Morgan fingerprint density at radius 1 is 1.50 bits per heavy atom. The van der Waals surface area contributed by atoms with Crippen LogP contribution in [0.4, 0.5) is 8.78 Å². The number of benzene rings is 1. The van der Waals surface area contributed by atoms with Crippen molar-refractivity contribution in [3.8, 4) is 0 Å². The van der Waals surface area contributed by atoms with E-state index < -0.39 is 17.7 Å². The highest BCUT2D eigenvalue weighted by Gasteiger charge is 2.16. The predicted octanol–water partition coefficient (Wildman–Crippen LogP) is 4.12. The van der Waals surface area contributed by atoms with E-state index in [1.807, 2.05) is 6.92 Å². The molecule has 0 saturated carbocycles. The van der Waals surface area contributed by atoms with Crippen LogP contribution >= 0.6 is 15.9 Å². The molecule has 0 radical (unpaired) electrons. The summed E-state index contributed by atoms with van der Waals surface area (Å²) in [6.07, 6.45) is 0.271. The third-order valence-electron chi connectivity index (χ3n) is 2.27. The summed E-state index contributed by atoms with van der Waals surface area (Å²) >= 11 is 2.94. The highest BCUT2D eigenvalue weighted by Crippen LogP contribution is 2.30. The number of allylic oxidation sites excluding steroid dienone is 1. The fourth-order valence-electron chi connectivity index (χ4n) is 1.34. The normalized spacial score (nSPS) is 12.6. The molecule has 1 aromatic rings. The zero-order valence-electron chi connectivity index (χ0n) is 8.93. The monoisotopic (exact) mass is 290 g/mol. The van der Waals surface area contributed by atoms with Crippen LogP contribution < -0.4 is 0 Å². The summed E-state index contributed by atoms with van der Waals surface area (Å²) in [6.45, 7) is 5.57. The van der Waals surface area contributed by atoms with Gasteiger partial charge in [0.25, 0.3) is 0 Å². The van der Waals surface area contributed by atoms with E-state index in [0.717, 1.165) is 11.6 Å². The first-order chi connectivity index (χ1) is 7.43. The Bertz CT molecular complexity index is 404. The van der Waals surface area contributed by atoms with Crippen LogP contribution in [0.2, 0.25) is 0 Å². The van der Waals surface area contributed by atoms with E-state index in [0.29, 0.717) is 18.4 Å². The third kappa shape index (κ3) is 3.12. The molecule has 0 aliphatic rings. The maximum absolute atomic E-state index is 13.2. The number of aliphatic hydroxyl groups is 1. The van der Waals surface area contributed by atoms with E-state index in [1.54, 1.807) is 0 Å². The summed E-state index contributed by atoms with van der Waals surface area (Å²) in [5.41, 5.74) is 1.30. The van der Waals surface area contributed by atoms with Crippen LogP contribution in [0.15, 0.2) is 28.8 Å². The Kier molecular flexibility index (Phi) is 4.62. The summed E-state index contributed by atoms with van der Waals surface area (Å²) in [5, 5.41) is 9.81. The van der Waals surface area contributed by atoms with Gasteiger partial charge >= 0.3 is 0 Å². The van der Waals surface area contributed by atoms with Crippen LogP contribution in [0.3, 0.4) is 0 Å². The highest BCUT2D eigenvalue weighted by atomic mass is 79.9. The average molecular weight is 291 g/mol. The van der Waals surface area contributed by atoms with Crippen molar-refractivity contribution in [3.05, 3.63) is 46.0 Å². The van der Waals surface area contributed by atoms with E-state index in [-0.39, 0.29) is 4.47 Å². The van der Waals surface area contributed by atoms with Gasteiger partial charge in [0.05, 0.1) is 10.6 Å². The fourth-order valence-corrected chi connectivity index (χ4v) is 1.92. The number of hydrogen-bond donors (Lipinski definition) is 1. The second kappa shape index (κ2) is 5.55. The van der Waals surface area contributed by atoms with Gasteiger partial charge in [-0.1, -0.05) is 11.6 Å². The molecule has 0 aliphatic carbocycles. The molecule has 1 atom stereocenters. The Hall–Kier alpha value is -0.740. The molecule has 0 aliphatic heterocycles. The number of aliphatic hydroxyl groups excluding tert-OH is 1. The molecule has 0 saturated heterocycles. The predicted molar refractivity (Wildman–Crippen MR) is 63.1 cm³/mol. The molecule has 4 heteroatoms. The molecule has 0 fully saturated rings. The van der Waals surface area contributed by atoms with Crippen molar-refractivity contribution in [3.63, 3.8) is 0 Å². The second-order valence-corrected chi connectivity index (χ2v) is 4.57. The summed E-state index contributed by atoms with van der Waals surface area (Å²) in [4.78, 5) is 0. The molecule has 1 nitrogen and oxygen atoms in total. The van der Waals surface area contributed by atoms with Crippen LogP contribution in [0.1, 0.15) is 31.4 Å². The van der Waals surface area contributed by atoms with Crippen molar-refractivity contribution in [1.82, 2.24) is 0 Å². The van der Waals surface area contributed by atoms with E-state index >= 15 is 0 Å². The lowest BCUT2D eigenvalue weighted by Gasteiger charge is -2.13. The molecule has 0 amide bonds. The SMILES string of the molecule is C=C(C)CCC(O)c1ccc(F)c(F)c1Br. The highest BCUT2D eigenvalue weighted by molar-refractivity contribution is 9.10.